The Bertz CT molecular complexity index is 1550. The molecule has 0 radical (unpaired) electrons. The van der Waals surface area contributed by atoms with E-state index in [4.69, 9.17) is 6.57 Å². The minimum Gasteiger partial charge on any atom is -0.232 e. The molecule has 0 spiro atoms. The molecule has 1 aliphatic heterocycles. The van der Waals surface area contributed by atoms with Crippen LogP contribution in [0.15, 0.2) is 24.8 Å². The Labute approximate surface area is 202 Å². The number of fused-ring (bicyclic) bond motifs is 10. The molecule has 8 nitrogen and oxygen atoms in total. The molecule has 0 N–H and O–H groups in total. The van der Waals surface area contributed by atoms with Gasteiger partial charge in [-0.2, -0.15) is 15.5 Å². The first-order valence-corrected chi connectivity index (χ1v) is 10.6. The Morgan fingerprint density at radius 3 is 1.81 bits per heavy atom. The summed E-state index contributed by atoms with van der Waals surface area (Å²) in [6, 6.07) is 3.73. The molecule has 180 valence electrons. The molecule has 0 atom stereocenters. The fourth-order valence-electron chi connectivity index (χ4n) is 4.25. The summed E-state index contributed by atoms with van der Waals surface area (Å²) in [5.41, 5.74) is -5.61. The van der Waals surface area contributed by atoms with E-state index in [1.807, 2.05) is 0 Å². The van der Waals surface area contributed by atoms with E-state index in [0.29, 0.717) is 0 Å². The van der Waals surface area contributed by atoms with E-state index in [0.717, 1.165) is 21.5 Å². The Morgan fingerprint density at radius 2 is 1.31 bits per heavy atom. The van der Waals surface area contributed by atoms with E-state index >= 15 is 17.6 Å². The number of hydrogen-bond acceptors (Lipinski definition) is 5. The van der Waals surface area contributed by atoms with Gasteiger partial charge in [-0.15, -0.1) is 0 Å². The van der Waals surface area contributed by atoms with E-state index in [1.54, 1.807) is 13.8 Å². The Balaban J connectivity index is 1.99. The highest BCUT2D eigenvalue weighted by molar-refractivity contribution is 5.61. The molecule has 0 fully saturated rings. The molecule has 1 aliphatic rings. The molecule has 8 bridgehead atoms. The molecule has 36 heavy (non-hydrogen) atoms. The quantitative estimate of drug-likeness (QED) is 0.260. The van der Waals surface area contributed by atoms with Gasteiger partial charge in [0.2, 0.25) is 0 Å². The summed E-state index contributed by atoms with van der Waals surface area (Å²) in [5, 5.41) is 18.2. The number of rotatable bonds is 0. The van der Waals surface area contributed by atoms with Gasteiger partial charge in [-0.05, 0) is 31.5 Å². The second-order valence-corrected chi connectivity index (χ2v) is 9.37. The summed E-state index contributed by atoms with van der Waals surface area (Å²) in [6.45, 7) is 13.6. The molecule has 0 unspecified atom stereocenters. The number of nitriles is 1. The average Bonchev–Trinajstić information content (AvgIpc) is 3.50. The van der Waals surface area contributed by atoms with Gasteiger partial charge >= 0.3 is 0 Å². The lowest BCUT2D eigenvalue weighted by Gasteiger charge is -2.29. The summed E-state index contributed by atoms with van der Waals surface area (Å²) in [6.07, 6.45) is 2.39. The standard InChI is InChI=1S/C24H16F4N8/c1-23(2)12-6-14(17(26)11(8-29)16(12)25)35-9-31-21(33-35)24(3,4)22-32-10-36(34-22)15-7-13(23)18(27)20(30-5)19(15)28/h6-7,9-10H,1-4H3. The Morgan fingerprint density at radius 1 is 0.806 bits per heavy atom. The molecular formula is C24H16F4N8. The minimum atomic E-state index is -1.61. The molecule has 2 aromatic carbocycles. The second kappa shape index (κ2) is 7.46. The van der Waals surface area contributed by atoms with Crippen LogP contribution in [0.1, 0.15) is 56.0 Å². The van der Waals surface area contributed by atoms with Crippen molar-refractivity contribution in [1.82, 2.24) is 29.5 Å². The third-order valence-electron chi connectivity index (χ3n) is 6.51. The Hall–Kier alpha value is -4.58. The molecule has 5 rings (SSSR count). The van der Waals surface area contributed by atoms with Crippen LogP contribution in [-0.4, -0.2) is 29.5 Å². The van der Waals surface area contributed by atoms with Crippen molar-refractivity contribution in [3.8, 4) is 17.4 Å². The molecule has 0 saturated heterocycles. The fourth-order valence-corrected chi connectivity index (χ4v) is 4.25. The van der Waals surface area contributed by atoms with Gasteiger partial charge in [0, 0.05) is 11.0 Å². The zero-order chi connectivity index (χ0) is 26.2. The van der Waals surface area contributed by atoms with Crippen LogP contribution in [0, 0.1) is 41.2 Å². The van der Waals surface area contributed by atoms with Crippen molar-refractivity contribution in [3.05, 3.63) is 87.8 Å². The van der Waals surface area contributed by atoms with Gasteiger partial charge in [0.25, 0.3) is 5.69 Å². The zero-order valence-electron chi connectivity index (χ0n) is 19.4. The highest BCUT2D eigenvalue weighted by Gasteiger charge is 2.38. The lowest BCUT2D eigenvalue weighted by atomic mass is 9.76. The smallest absolute Gasteiger partial charge is 0.232 e. The predicted molar refractivity (Wildman–Crippen MR) is 118 cm³/mol. The summed E-state index contributed by atoms with van der Waals surface area (Å²) in [4.78, 5) is 11.5. The maximum Gasteiger partial charge on any atom is 0.259 e. The normalized spacial score (nSPS) is 15.1. The first-order valence-electron chi connectivity index (χ1n) is 10.6. The largest absolute Gasteiger partial charge is 0.259 e. The minimum absolute atomic E-state index is 0.169. The first kappa shape index (κ1) is 23.2. The number of benzene rings is 2. The predicted octanol–water partition coefficient (Wildman–Crippen LogP) is 4.79. The van der Waals surface area contributed by atoms with Crippen molar-refractivity contribution in [2.45, 2.75) is 38.5 Å². The number of aromatic nitrogens is 6. The van der Waals surface area contributed by atoms with Crippen LogP contribution in [-0.2, 0) is 10.8 Å². The van der Waals surface area contributed by atoms with Crippen molar-refractivity contribution < 1.29 is 17.6 Å². The fraction of sp³-hybridized carbons (Fsp3) is 0.250. The molecule has 4 aromatic rings. The molecule has 0 amide bonds. The molecule has 2 aromatic heterocycles. The van der Waals surface area contributed by atoms with Gasteiger partial charge in [-0.3, -0.25) is 0 Å². The van der Waals surface area contributed by atoms with E-state index in [2.05, 4.69) is 25.0 Å². The van der Waals surface area contributed by atoms with Crippen LogP contribution in [0.25, 0.3) is 16.2 Å². The zero-order valence-corrected chi connectivity index (χ0v) is 19.4. The maximum atomic E-state index is 15.5. The Kier molecular flexibility index (Phi) is 4.80. The van der Waals surface area contributed by atoms with Crippen molar-refractivity contribution in [2.24, 2.45) is 0 Å². The third-order valence-corrected chi connectivity index (χ3v) is 6.51. The highest BCUT2D eigenvalue weighted by Crippen LogP contribution is 2.42. The third kappa shape index (κ3) is 2.97. The summed E-state index contributed by atoms with van der Waals surface area (Å²) < 4.78 is 63.7. The highest BCUT2D eigenvalue weighted by atomic mass is 19.1. The van der Waals surface area contributed by atoms with Crippen LogP contribution >= 0.6 is 0 Å². The van der Waals surface area contributed by atoms with Gasteiger partial charge in [0.05, 0.1) is 17.7 Å². The molecule has 12 heteroatoms. The van der Waals surface area contributed by atoms with Gasteiger partial charge in [-0.1, -0.05) is 13.8 Å². The summed E-state index contributed by atoms with van der Waals surface area (Å²) >= 11 is 0. The van der Waals surface area contributed by atoms with E-state index in [9.17, 15) is 5.26 Å². The van der Waals surface area contributed by atoms with Crippen LogP contribution in [0.5, 0.6) is 0 Å². The maximum absolute atomic E-state index is 15.5. The molecule has 0 saturated carbocycles. The van der Waals surface area contributed by atoms with Crippen LogP contribution in [0.4, 0.5) is 23.2 Å². The first-order chi connectivity index (χ1) is 16.9. The second-order valence-electron chi connectivity index (χ2n) is 9.37. The van der Waals surface area contributed by atoms with Gasteiger partial charge in [-0.25, -0.2) is 41.7 Å². The SMILES string of the molecule is [C-]#[N+]c1c(F)c2cc(c1F)C(C)(C)c1cc(c(F)c(C#N)c1F)-n1cnc(n1)C(C)(C)c1ncn-2n1. The number of nitrogens with zero attached hydrogens (tertiary/aromatic N) is 8. The number of hydrogen-bond donors (Lipinski definition) is 0. The summed E-state index contributed by atoms with van der Waals surface area (Å²) in [7, 11) is 0. The monoisotopic (exact) mass is 492 g/mol. The van der Waals surface area contributed by atoms with Crippen molar-refractivity contribution in [3.63, 3.8) is 0 Å². The molecule has 3 heterocycles. The van der Waals surface area contributed by atoms with Gasteiger partial charge in [0.15, 0.2) is 23.3 Å². The molecular weight excluding hydrogens is 476 g/mol. The van der Waals surface area contributed by atoms with E-state index in [-0.39, 0.29) is 34.2 Å². The van der Waals surface area contributed by atoms with Gasteiger partial charge < -0.3 is 0 Å². The number of halogens is 4. The topological polar surface area (TPSA) is 89.6 Å². The average molecular weight is 492 g/mol. The molecule has 0 aliphatic carbocycles. The van der Waals surface area contributed by atoms with Crippen molar-refractivity contribution in [2.75, 3.05) is 0 Å². The van der Waals surface area contributed by atoms with Crippen molar-refractivity contribution >= 4 is 5.69 Å². The van der Waals surface area contributed by atoms with Crippen LogP contribution < -0.4 is 0 Å². The lowest BCUT2D eigenvalue weighted by molar-refractivity contribution is 0.495. The van der Waals surface area contributed by atoms with E-state index < -0.39 is 45.3 Å². The van der Waals surface area contributed by atoms with Crippen LogP contribution in [0.2, 0.25) is 0 Å². The lowest BCUT2D eigenvalue weighted by Crippen LogP contribution is -2.26. The van der Waals surface area contributed by atoms with Crippen molar-refractivity contribution in [1.29, 1.82) is 5.26 Å². The van der Waals surface area contributed by atoms with Gasteiger partial charge in [0.1, 0.15) is 41.6 Å². The summed E-state index contributed by atoms with van der Waals surface area (Å²) in [5.74, 6) is -4.44. The van der Waals surface area contributed by atoms with E-state index in [1.165, 1.54) is 32.6 Å². The van der Waals surface area contributed by atoms with Crippen LogP contribution in [0.3, 0.4) is 0 Å².